The number of halogens is 3. The van der Waals surface area contributed by atoms with Gasteiger partial charge in [0.1, 0.15) is 0 Å². The summed E-state index contributed by atoms with van der Waals surface area (Å²) < 4.78 is 38.8. The molecule has 2 aromatic carbocycles. The Hall–Kier alpha value is -1.85. The number of nitrogens with one attached hydrogen (secondary N) is 1. The number of benzene rings is 2. The summed E-state index contributed by atoms with van der Waals surface area (Å²) in [6.45, 7) is 0.364. The van der Waals surface area contributed by atoms with Crippen LogP contribution in [0.4, 0.5) is 13.2 Å². The van der Waals surface area contributed by atoms with Crippen molar-refractivity contribution >= 4 is 0 Å². The quantitative estimate of drug-likeness (QED) is 0.826. The molecule has 0 aliphatic heterocycles. The molecule has 5 heteroatoms. The van der Waals surface area contributed by atoms with Crippen molar-refractivity contribution in [2.45, 2.75) is 12.6 Å². The number of rotatable bonds is 5. The monoisotopic (exact) mass is 281 g/mol. The smallest absolute Gasteiger partial charge is 0.194 e. The maximum absolute atomic E-state index is 13.0. The molecule has 0 fully saturated rings. The molecule has 0 saturated carbocycles. The maximum atomic E-state index is 13.0. The minimum atomic E-state index is -1.47. The second-order valence-electron chi connectivity index (χ2n) is 4.43. The molecule has 0 aliphatic carbocycles. The molecule has 0 amide bonds. The van der Waals surface area contributed by atoms with E-state index in [-0.39, 0.29) is 18.7 Å². The highest BCUT2D eigenvalue weighted by Crippen LogP contribution is 2.14. The lowest BCUT2D eigenvalue weighted by Crippen LogP contribution is -2.21. The molecule has 106 valence electrons. The number of hydrogen-bond donors (Lipinski definition) is 2. The van der Waals surface area contributed by atoms with Crippen molar-refractivity contribution in [3.05, 3.63) is 71.0 Å². The van der Waals surface area contributed by atoms with E-state index in [1.807, 2.05) is 18.2 Å². The molecule has 2 rings (SSSR count). The zero-order valence-corrected chi connectivity index (χ0v) is 10.6. The van der Waals surface area contributed by atoms with E-state index in [4.69, 9.17) is 0 Å². The second kappa shape index (κ2) is 6.54. The van der Waals surface area contributed by atoms with E-state index < -0.39 is 23.6 Å². The normalized spacial score (nSPS) is 12.4. The van der Waals surface area contributed by atoms with Gasteiger partial charge in [0.05, 0.1) is 6.10 Å². The molecule has 0 aromatic heterocycles. The first-order valence-corrected chi connectivity index (χ1v) is 6.15. The molecule has 0 saturated heterocycles. The van der Waals surface area contributed by atoms with Gasteiger partial charge < -0.3 is 10.4 Å². The van der Waals surface area contributed by atoms with Gasteiger partial charge in [-0.3, -0.25) is 0 Å². The van der Waals surface area contributed by atoms with Gasteiger partial charge in [0.2, 0.25) is 0 Å². The second-order valence-corrected chi connectivity index (χ2v) is 4.43. The lowest BCUT2D eigenvalue weighted by molar-refractivity contribution is 0.174. The Labute approximate surface area is 114 Å². The third kappa shape index (κ3) is 3.59. The van der Waals surface area contributed by atoms with E-state index in [1.165, 1.54) is 0 Å². The van der Waals surface area contributed by atoms with Crippen molar-refractivity contribution in [3.63, 3.8) is 0 Å². The van der Waals surface area contributed by atoms with Crippen LogP contribution in [0.25, 0.3) is 0 Å². The zero-order chi connectivity index (χ0) is 14.5. The van der Waals surface area contributed by atoms with Gasteiger partial charge in [0.15, 0.2) is 17.5 Å². The fraction of sp³-hybridized carbons (Fsp3) is 0.200. The van der Waals surface area contributed by atoms with E-state index >= 15 is 0 Å². The SMILES string of the molecule is OC(CNCc1cc(F)c(F)c(F)c1)c1ccccc1. The van der Waals surface area contributed by atoms with Gasteiger partial charge in [-0.2, -0.15) is 0 Å². The van der Waals surface area contributed by atoms with E-state index in [9.17, 15) is 18.3 Å². The van der Waals surface area contributed by atoms with Gasteiger partial charge in [-0.25, -0.2) is 13.2 Å². The van der Waals surface area contributed by atoms with Gasteiger partial charge in [-0.05, 0) is 23.3 Å². The van der Waals surface area contributed by atoms with Crippen LogP contribution in [0.3, 0.4) is 0 Å². The fourth-order valence-electron chi connectivity index (χ4n) is 1.86. The summed E-state index contributed by atoms with van der Waals surface area (Å²) >= 11 is 0. The highest BCUT2D eigenvalue weighted by molar-refractivity contribution is 5.20. The topological polar surface area (TPSA) is 32.3 Å². The first-order chi connectivity index (χ1) is 9.58. The minimum absolute atomic E-state index is 0.137. The van der Waals surface area contributed by atoms with Crippen LogP contribution in [0.1, 0.15) is 17.2 Å². The molecule has 0 bridgehead atoms. The van der Waals surface area contributed by atoms with Crippen LogP contribution in [0.2, 0.25) is 0 Å². The summed E-state index contributed by atoms with van der Waals surface area (Å²) in [6.07, 6.45) is -0.716. The number of aliphatic hydroxyl groups is 1. The molecule has 2 N–H and O–H groups in total. The standard InChI is InChI=1S/C15H14F3NO/c16-12-6-10(7-13(17)15(12)18)8-19-9-14(20)11-4-2-1-3-5-11/h1-7,14,19-20H,8-9H2. The Morgan fingerprint density at radius 2 is 1.60 bits per heavy atom. The average Bonchev–Trinajstić information content (AvgIpc) is 2.45. The molecular formula is C15H14F3NO. The third-order valence-corrected chi connectivity index (χ3v) is 2.89. The van der Waals surface area contributed by atoms with Crippen molar-refractivity contribution < 1.29 is 18.3 Å². The lowest BCUT2D eigenvalue weighted by Gasteiger charge is -2.12. The van der Waals surface area contributed by atoms with Crippen LogP contribution in [0, 0.1) is 17.5 Å². The summed E-state index contributed by atoms with van der Waals surface area (Å²) in [4.78, 5) is 0. The van der Waals surface area contributed by atoms with Gasteiger partial charge in [0.25, 0.3) is 0 Å². The largest absolute Gasteiger partial charge is 0.387 e. The summed E-state index contributed by atoms with van der Waals surface area (Å²) in [5.41, 5.74) is 1.03. The summed E-state index contributed by atoms with van der Waals surface area (Å²) in [6, 6.07) is 10.9. The maximum Gasteiger partial charge on any atom is 0.194 e. The van der Waals surface area contributed by atoms with Gasteiger partial charge in [0, 0.05) is 13.1 Å². The summed E-state index contributed by atoms with van der Waals surface area (Å²) in [5, 5.41) is 12.7. The van der Waals surface area contributed by atoms with Crippen LogP contribution in [-0.2, 0) is 6.54 Å². The number of aliphatic hydroxyl groups excluding tert-OH is 1. The molecule has 20 heavy (non-hydrogen) atoms. The van der Waals surface area contributed by atoms with E-state index in [2.05, 4.69) is 5.32 Å². The Kier molecular flexibility index (Phi) is 4.76. The van der Waals surface area contributed by atoms with Gasteiger partial charge >= 0.3 is 0 Å². The molecule has 0 aliphatic rings. The predicted molar refractivity (Wildman–Crippen MR) is 69.4 cm³/mol. The average molecular weight is 281 g/mol. The highest BCUT2D eigenvalue weighted by Gasteiger charge is 2.11. The fourth-order valence-corrected chi connectivity index (χ4v) is 1.86. The zero-order valence-electron chi connectivity index (χ0n) is 10.6. The van der Waals surface area contributed by atoms with Crippen molar-refractivity contribution in [3.8, 4) is 0 Å². The number of hydrogen-bond acceptors (Lipinski definition) is 2. The third-order valence-electron chi connectivity index (χ3n) is 2.89. The summed E-state index contributed by atoms with van der Waals surface area (Å²) in [7, 11) is 0. The van der Waals surface area contributed by atoms with Crippen molar-refractivity contribution in [1.29, 1.82) is 0 Å². The first-order valence-electron chi connectivity index (χ1n) is 6.15. The van der Waals surface area contributed by atoms with Crippen molar-refractivity contribution in [1.82, 2.24) is 5.32 Å². The molecule has 1 unspecified atom stereocenters. The predicted octanol–water partition coefficient (Wildman–Crippen LogP) is 2.93. The van der Waals surface area contributed by atoms with Crippen molar-refractivity contribution in [2.24, 2.45) is 0 Å². The van der Waals surface area contributed by atoms with Crippen LogP contribution in [-0.4, -0.2) is 11.7 Å². The Bertz CT molecular complexity index is 552. The van der Waals surface area contributed by atoms with Crippen molar-refractivity contribution in [2.75, 3.05) is 6.54 Å². The molecule has 0 spiro atoms. The highest BCUT2D eigenvalue weighted by atomic mass is 19.2. The van der Waals surface area contributed by atoms with Crippen LogP contribution < -0.4 is 5.32 Å². The van der Waals surface area contributed by atoms with Crippen LogP contribution in [0.5, 0.6) is 0 Å². The van der Waals surface area contributed by atoms with E-state index in [0.717, 1.165) is 17.7 Å². The lowest BCUT2D eigenvalue weighted by atomic mass is 10.1. The molecule has 0 heterocycles. The molecular weight excluding hydrogens is 267 g/mol. The van der Waals surface area contributed by atoms with Gasteiger partial charge in [-0.1, -0.05) is 30.3 Å². The van der Waals surface area contributed by atoms with Crippen LogP contribution >= 0.6 is 0 Å². The Balaban J connectivity index is 1.90. The minimum Gasteiger partial charge on any atom is -0.387 e. The molecule has 0 radical (unpaired) electrons. The molecule has 2 nitrogen and oxygen atoms in total. The Morgan fingerprint density at radius 1 is 1.00 bits per heavy atom. The van der Waals surface area contributed by atoms with E-state index in [0.29, 0.717) is 0 Å². The Morgan fingerprint density at radius 3 is 2.20 bits per heavy atom. The van der Waals surface area contributed by atoms with Crippen LogP contribution in [0.15, 0.2) is 42.5 Å². The van der Waals surface area contributed by atoms with E-state index in [1.54, 1.807) is 12.1 Å². The first kappa shape index (κ1) is 14.6. The summed E-state index contributed by atoms with van der Waals surface area (Å²) in [5.74, 6) is -3.91. The molecule has 2 aromatic rings. The molecule has 1 atom stereocenters. The van der Waals surface area contributed by atoms with Gasteiger partial charge in [-0.15, -0.1) is 0 Å².